The van der Waals surface area contributed by atoms with Crippen molar-refractivity contribution in [2.45, 2.75) is 6.61 Å². The zero-order valence-corrected chi connectivity index (χ0v) is 7.20. The van der Waals surface area contributed by atoms with E-state index in [1.54, 1.807) is 0 Å². The molecule has 0 unspecified atom stereocenters. The van der Waals surface area contributed by atoms with Gasteiger partial charge in [-0.15, -0.1) is 0 Å². The number of hydrogen-bond donors (Lipinski definition) is 2. The van der Waals surface area contributed by atoms with Crippen LogP contribution in [0.2, 0.25) is 0 Å². The van der Waals surface area contributed by atoms with E-state index in [0.717, 1.165) is 22.0 Å². The van der Waals surface area contributed by atoms with E-state index >= 15 is 0 Å². The van der Waals surface area contributed by atoms with E-state index in [0.29, 0.717) is 0 Å². The molecule has 0 atom stereocenters. The summed E-state index contributed by atoms with van der Waals surface area (Å²) in [7, 11) is 0. The summed E-state index contributed by atoms with van der Waals surface area (Å²) >= 11 is 0. The summed E-state index contributed by atoms with van der Waals surface area (Å²) in [5.41, 5.74) is 7.48. The van der Waals surface area contributed by atoms with E-state index in [-0.39, 0.29) is 6.61 Å². The summed E-state index contributed by atoms with van der Waals surface area (Å²) in [6.07, 6.45) is 0. The van der Waals surface area contributed by atoms with E-state index in [1.807, 2.05) is 36.4 Å². The zero-order valence-electron chi connectivity index (χ0n) is 7.20. The Kier molecular flexibility index (Phi) is 1.91. The first kappa shape index (κ1) is 8.08. The Morgan fingerprint density at radius 3 is 2.46 bits per heavy atom. The first-order valence-electron chi connectivity index (χ1n) is 4.20. The molecule has 0 saturated carbocycles. The molecule has 2 aromatic rings. The van der Waals surface area contributed by atoms with E-state index < -0.39 is 0 Å². The van der Waals surface area contributed by atoms with Gasteiger partial charge in [0.25, 0.3) is 0 Å². The van der Waals surface area contributed by atoms with Crippen molar-refractivity contribution in [1.82, 2.24) is 0 Å². The van der Waals surface area contributed by atoms with Gasteiger partial charge in [0, 0.05) is 11.1 Å². The number of aliphatic hydroxyl groups excluding tert-OH is 1. The number of rotatable bonds is 1. The highest BCUT2D eigenvalue weighted by Crippen LogP contribution is 2.23. The molecule has 2 rings (SSSR count). The van der Waals surface area contributed by atoms with Gasteiger partial charge in [0.05, 0.1) is 6.61 Å². The number of nitrogen functional groups attached to an aromatic ring is 1. The molecule has 2 heteroatoms. The van der Waals surface area contributed by atoms with Crippen LogP contribution in [0.5, 0.6) is 0 Å². The van der Waals surface area contributed by atoms with Gasteiger partial charge in [0.15, 0.2) is 0 Å². The van der Waals surface area contributed by atoms with Crippen LogP contribution in [0.3, 0.4) is 0 Å². The topological polar surface area (TPSA) is 46.2 Å². The van der Waals surface area contributed by atoms with Crippen molar-refractivity contribution < 1.29 is 5.11 Å². The van der Waals surface area contributed by atoms with Crippen molar-refractivity contribution >= 4 is 16.5 Å². The second kappa shape index (κ2) is 3.07. The van der Waals surface area contributed by atoms with Crippen molar-refractivity contribution in [1.29, 1.82) is 0 Å². The van der Waals surface area contributed by atoms with Crippen molar-refractivity contribution in [2.75, 3.05) is 5.73 Å². The summed E-state index contributed by atoms with van der Waals surface area (Å²) in [6.45, 7) is 0.0563. The second-order valence-electron chi connectivity index (χ2n) is 3.02. The Morgan fingerprint density at radius 1 is 1.00 bits per heavy atom. The largest absolute Gasteiger partial charge is 0.398 e. The maximum absolute atomic E-state index is 9.09. The summed E-state index contributed by atoms with van der Waals surface area (Å²) in [4.78, 5) is 0. The van der Waals surface area contributed by atoms with Crippen LogP contribution in [-0.2, 0) is 6.61 Å². The predicted octanol–water partition coefficient (Wildman–Crippen LogP) is 1.91. The Bertz CT molecular complexity index is 437. The van der Waals surface area contributed by atoms with Crippen molar-refractivity contribution in [3.8, 4) is 0 Å². The van der Waals surface area contributed by atoms with Gasteiger partial charge in [0.2, 0.25) is 0 Å². The standard InChI is InChI=1S/C11H11NO/c12-11-6-2-4-9-8(7-13)3-1-5-10(9)11/h1-6,13H,7,12H2. The van der Waals surface area contributed by atoms with Crippen molar-refractivity contribution in [3.05, 3.63) is 42.0 Å². The molecular weight excluding hydrogens is 162 g/mol. The molecule has 0 aromatic heterocycles. The predicted molar refractivity (Wildman–Crippen MR) is 54.3 cm³/mol. The van der Waals surface area contributed by atoms with Gasteiger partial charge in [-0.25, -0.2) is 0 Å². The number of nitrogens with two attached hydrogens (primary N) is 1. The van der Waals surface area contributed by atoms with Gasteiger partial charge in [-0.05, 0) is 17.0 Å². The maximum atomic E-state index is 9.09. The molecule has 0 aliphatic heterocycles. The van der Waals surface area contributed by atoms with Crippen LogP contribution < -0.4 is 5.73 Å². The van der Waals surface area contributed by atoms with Crippen LogP contribution in [0.15, 0.2) is 36.4 Å². The van der Waals surface area contributed by atoms with E-state index in [2.05, 4.69) is 0 Å². The zero-order chi connectivity index (χ0) is 9.26. The third kappa shape index (κ3) is 1.25. The number of aliphatic hydroxyl groups is 1. The monoisotopic (exact) mass is 173 g/mol. The first-order chi connectivity index (χ1) is 6.33. The average Bonchev–Trinajstić information content (AvgIpc) is 2.18. The van der Waals surface area contributed by atoms with Crippen molar-refractivity contribution in [2.24, 2.45) is 0 Å². The summed E-state index contributed by atoms with van der Waals surface area (Å²) in [5, 5.41) is 11.1. The maximum Gasteiger partial charge on any atom is 0.0687 e. The third-order valence-corrected chi connectivity index (χ3v) is 2.22. The van der Waals surface area contributed by atoms with E-state index in [9.17, 15) is 0 Å². The first-order valence-corrected chi connectivity index (χ1v) is 4.20. The van der Waals surface area contributed by atoms with Gasteiger partial charge in [0.1, 0.15) is 0 Å². The summed E-state index contributed by atoms with van der Waals surface area (Å²) in [6, 6.07) is 11.5. The lowest BCUT2D eigenvalue weighted by Gasteiger charge is -2.05. The average molecular weight is 173 g/mol. The Balaban J connectivity index is 2.84. The molecule has 0 heterocycles. The summed E-state index contributed by atoms with van der Waals surface area (Å²) in [5.74, 6) is 0. The minimum absolute atomic E-state index is 0.0563. The normalized spacial score (nSPS) is 10.5. The second-order valence-corrected chi connectivity index (χ2v) is 3.02. The summed E-state index contributed by atoms with van der Waals surface area (Å²) < 4.78 is 0. The molecule has 0 fully saturated rings. The SMILES string of the molecule is Nc1cccc2c(CO)cccc12. The highest BCUT2D eigenvalue weighted by Gasteiger charge is 2.00. The van der Waals surface area contributed by atoms with Gasteiger partial charge in [-0.1, -0.05) is 30.3 Å². The fourth-order valence-electron chi connectivity index (χ4n) is 1.54. The van der Waals surface area contributed by atoms with Crippen LogP contribution in [0.1, 0.15) is 5.56 Å². The van der Waals surface area contributed by atoms with Crippen LogP contribution in [0.4, 0.5) is 5.69 Å². The Labute approximate surface area is 76.6 Å². The number of fused-ring (bicyclic) bond motifs is 1. The smallest absolute Gasteiger partial charge is 0.0687 e. The molecule has 0 aliphatic carbocycles. The minimum atomic E-state index is 0.0563. The Hall–Kier alpha value is -1.54. The van der Waals surface area contributed by atoms with Gasteiger partial charge in [-0.2, -0.15) is 0 Å². The minimum Gasteiger partial charge on any atom is -0.398 e. The molecule has 66 valence electrons. The number of hydrogen-bond acceptors (Lipinski definition) is 2. The quantitative estimate of drug-likeness (QED) is 0.647. The van der Waals surface area contributed by atoms with Crippen molar-refractivity contribution in [3.63, 3.8) is 0 Å². The molecule has 0 spiro atoms. The molecule has 0 amide bonds. The van der Waals surface area contributed by atoms with Crippen LogP contribution >= 0.6 is 0 Å². The fourth-order valence-corrected chi connectivity index (χ4v) is 1.54. The number of benzene rings is 2. The number of anilines is 1. The molecule has 0 aliphatic rings. The van der Waals surface area contributed by atoms with Gasteiger partial charge in [-0.3, -0.25) is 0 Å². The molecular formula is C11H11NO. The van der Waals surface area contributed by atoms with Gasteiger partial charge < -0.3 is 10.8 Å². The van der Waals surface area contributed by atoms with Crippen LogP contribution in [-0.4, -0.2) is 5.11 Å². The highest BCUT2D eigenvalue weighted by atomic mass is 16.3. The lowest BCUT2D eigenvalue weighted by Crippen LogP contribution is -1.90. The highest BCUT2D eigenvalue weighted by molar-refractivity contribution is 5.94. The molecule has 3 N–H and O–H groups in total. The molecule has 2 aromatic carbocycles. The van der Waals surface area contributed by atoms with E-state index in [1.165, 1.54) is 0 Å². The van der Waals surface area contributed by atoms with Gasteiger partial charge >= 0.3 is 0 Å². The molecule has 0 saturated heterocycles. The van der Waals surface area contributed by atoms with Crippen LogP contribution in [0.25, 0.3) is 10.8 Å². The fraction of sp³-hybridized carbons (Fsp3) is 0.0909. The third-order valence-electron chi connectivity index (χ3n) is 2.22. The Morgan fingerprint density at radius 2 is 1.69 bits per heavy atom. The lowest BCUT2D eigenvalue weighted by atomic mass is 10.0. The van der Waals surface area contributed by atoms with Crippen LogP contribution in [0, 0.1) is 0 Å². The lowest BCUT2D eigenvalue weighted by molar-refractivity contribution is 0.283. The molecule has 2 nitrogen and oxygen atoms in total. The molecule has 13 heavy (non-hydrogen) atoms. The molecule has 0 radical (unpaired) electrons. The van der Waals surface area contributed by atoms with E-state index in [4.69, 9.17) is 10.8 Å². The molecule has 0 bridgehead atoms.